The molecule has 1 aromatic carbocycles. The minimum Gasteiger partial charge on any atom is -0.317 e. The van der Waals surface area contributed by atoms with E-state index in [1.165, 1.54) is 17.4 Å². The highest BCUT2D eigenvalue weighted by molar-refractivity contribution is 7.89. The van der Waals surface area contributed by atoms with Crippen LogP contribution in [0.25, 0.3) is 0 Å². The highest BCUT2D eigenvalue weighted by Crippen LogP contribution is 2.23. The zero-order valence-corrected chi connectivity index (χ0v) is 8.97. The number of amides is 1. The van der Waals surface area contributed by atoms with Gasteiger partial charge in [-0.25, -0.2) is 13.6 Å². The molecule has 1 amide bonds. The van der Waals surface area contributed by atoms with E-state index < -0.39 is 32.7 Å². The summed E-state index contributed by atoms with van der Waals surface area (Å²) in [6.45, 7) is 0. The SMILES string of the molecule is NS(=O)(=O)c1ccccc1NC(=O)C(F)(F)F. The molecule has 0 fully saturated rings. The van der Waals surface area contributed by atoms with Gasteiger partial charge < -0.3 is 5.32 Å². The molecule has 0 saturated carbocycles. The molecule has 0 spiro atoms. The minimum absolute atomic E-state index is 0.516. The van der Waals surface area contributed by atoms with Crippen LogP contribution in [0.1, 0.15) is 0 Å². The van der Waals surface area contributed by atoms with Crippen molar-refractivity contribution in [1.82, 2.24) is 0 Å². The standard InChI is InChI=1S/C8H7F3N2O3S/c9-8(10,11)7(14)13-5-3-1-2-4-6(5)17(12,15)16/h1-4H,(H,13,14)(H2,12,15,16). The number of primary sulfonamides is 1. The molecular weight excluding hydrogens is 261 g/mol. The van der Waals surface area contributed by atoms with Crippen molar-refractivity contribution >= 4 is 21.6 Å². The Morgan fingerprint density at radius 1 is 1.24 bits per heavy atom. The Balaban J connectivity index is 3.13. The Labute approximate surface area is 94.5 Å². The molecule has 17 heavy (non-hydrogen) atoms. The summed E-state index contributed by atoms with van der Waals surface area (Å²) >= 11 is 0. The van der Waals surface area contributed by atoms with Crippen LogP contribution in [-0.2, 0) is 14.8 Å². The lowest BCUT2D eigenvalue weighted by Gasteiger charge is -2.10. The summed E-state index contributed by atoms with van der Waals surface area (Å²) in [6, 6.07) is 4.52. The van der Waals surface area contributed by atoms with Crippen molar-refractivity contribution in [2.75, 3.05) is 5.32 Å². The van der Waals surface area contributed by atoms with Crippen LogP contribution in [0, 0.1) is 0 Å². The Bertz CT molecular complexity index is 539. The van der Waals surface area contributed by atoms with Gasteiger partial charge in [0.15, 0.2) is 0 Å². The molecule has 1 rings (SSSR count). The van der Waals surface area contributed by atoms with Crippen molar-refractivity contribution in [2.45, 2.75) is 11.1 Å². The predicted octanol–water partition coefficient (Wildman–Crippen LogP) is 0.835. The van der Waals surface area contributed by atoms with Crippen LogP contribution in [-0.4, -0.2) is 20.5 Å². The number of nitrogens with two attached hydrogens (primary N) is 1. The number of carbonyl (C=O) groups is 1. The van der Waals surface area contributed by atoms with E-state index in [1.54, 1.807) is 0 Å². The summed E-state index contributed by atoms with van der Waals surface area (Å²) in [6.07, 6.45) is -5.11. The lowest BCUT2D eigenvalue weighted by molar-refractivity contribution is -0.167. The summed E-state index contributed by atoms with van der Waals surface area (Å²) in [5, 5.41) is 6.22. The molecule has 0 aliphatic rings. The molecule has 0 unspecified atom stereocenters. The normalized spacial score (nSPS) is 12.2. The van der Waals surface area contributed by atoms with Crippen molar-refractivity contribution in [1.29, 1.82) is 0 Å². The molecule has 0 aliphatic heterocycles. The quantitative estimate of drug-likeness (QED) is 0.832. The van der Waals surface area contributed by atoms with Gasteiger partial charge in [0.25, 0.3) is 0 Å². The second-order valence-electron chi connectivity index (χ2n) is 2.99. The maximum atomic E-state index is 12.0. The molecule has 0 saturated heterocycles. The van der Waals surface area contributed by atoms with Gasteiger partial charge in [0.2, 0.25) is 10.0 Å². The number of alkyl halides is 3. The summed E-state index contributed by atoms with van der Waals surface area (Å²) < 4.78 is 58.0. The number of benzene rings is 1. The highest BCUT2D eigenvalue weighted by Gasteiger charge is 2.39. The lowest BCUT2D eigenvalue weighted by atomic mass is 10.3. The number of para-hydroxylation sites is 1. The zero-order chi connectivity index (χ0) is 13.3. The van der Waals surface area contributed by atoms with Crippen LogP contribution in [0.4, 0.5) is 18.9 Å². The van der Waals surface area contributed by atoms with Crippen molar-refractivity contribution in [3.8, 4) is 0 Å². The van der Waals surface area contributed by atoms with E-state index in [4.69, 9.17) is 5.14 Å². The van der Waals surface area contributed by atoms with Crippen LogP contribution in [0.5, 0.6) is 0 Å². The third-order valence-electron chi connectivity index (χ3n) is 1.70. The molecule has 9 heteroatoms. The van der Waals surface area contributed by atoms with E-state index in [1.807, 2.05) is 0 Å². The number of hydrogen-bond donors (Lipinski definition) is 2. The fourth-order valence-corrected chi connectivity index (χ4v) is 1.71. The molecule has 0 heterocycles. The number of hydrogen-bond acceptors (Lipinski definition) is 3. The van der Waals surface area contributed by atoms with Gasteiger partial charge in [-0.05, 0) is 12.1 Å². The van der Waals surface area contributed by atoms with E-state index in [-0.39, 0.29) is 0 Å². The van der Waals surface area contributed by atoms with E-state index in [2.05, 4.69) is 0 Å². The molecule has 94 valence electrons. The fraction of sp³-hybridized carbons (Fsp3) is 0.125. The summed E-state index contributed by atoms with van der Waals surface area (Å²) in [7, 11) is -4.21. The topological polar surface area (TPSA) is 89.3 Å². The zero-order valence-electron chi connectivity index (χ0n) is 8.15. The number of carbonyl (C=O) groups excluding carboxylic acids is 1. The number of sulfonamides is 1. The number of rotatable bonds is 2. The Morgan fingerprint density at radius 2 is 1.76 bits per heavy atom. The molecule has 0 atom stereocenters. The van der Waals surface area contributed by atoms with E-state index >= 15 is 0 Å². The van der Waals surface area contributed by atoms with Gasteiger partial charge in [-0.1, -0.05) is 12.1 Å². The van der Waals surface area contributed by atoms with Crippen LogP contribution in [0.3, 0.4) is 0 Å². The largest absolute Gasteiger partial charge is 0.471 e. The van der Waals surface area contributed by atoms with E-state index in [0.717, 1.165) is 12.1 Å². The summed E-state index contributed by atoms with van der Waals surface area (Å²) in [5.41, 5.74) is -0.516. The Hall–Kier alpha value is -1.61. The molecule has 0 aromatic heterocycles. The van der Waals surface area contributed by atoms with Crippen molar-refractivity contribution in [3.63, 3.8) is 0 Å². The van der Waals surface area contributed by atoms with Gasteiger partial charge in [-0.2, -0.15) is 13.2 Å². The molecule has 1 aromatic rings. The smallest absolute Gasteiger partial charge is 0.317 e. The van der Waals surface area contributed by atoms with Crippen LogP contribution in [0.2, 0.25) is 0 Å². The highest BCUT2D eigenvalue weighted by atomic mass is 32.2. The van der Waals surface area contributed by atoms with Crippen LogP contribution >= 0.6 is 0 Å². The number of nitrogens with one attached hydrogen (secondary N) is 1. The fourth-order valence-electron chi connectivity index (χ4n) is 1.01. The summed E-state index contributed by atoms with van der Waals surface area (Å²) in [4.78, 5) is 10.1. The molecule has 0 aliphatic carbocycles. The molecule has 0 bridgehead atoms. The van der Waals surface area contributed by atoms with Gasteiger partial charge in [-0.15, -0.1) is 0 Å². The van der Waals surface area contributed by atoms with Crippen molar-refractivity contribution in [3.05, 3.63) is 24.3 Å². The second-order valence-corrected chi connectivity index (χ2v) is 4.52. The first-order valence-electron chi connectivity index (χ1n) is 4.12. The third-order valence-corrected chi connectivity index (χ3v) is 2.67. The molecular formula is C8H7F3N2O3S. The van der Waals surface area contributed by atoms with Gasteiger partial charge in [-0.3, -0.25) is 4.79 Å². The number of anilines is 1. The molecule has 3 N–H and O–H groups in total. The van der Waals surface area contributed by atoms with E-state index in [0.29, 0.717) is 0 Å². The number of halogens is 3. The first-order chi connectivity index (χ1) is 7.62. The van der Waals surface area contributed by atoms with Crippen LogP contribution in [0.15, 0.2) is 29.2 Å². The monoisotopic (exact) mass is 268 g/mol. The minimum atomic E-state index is -5.11. The van der Waals surface area contributed by atoms with Gasteiger partial charge in [0.1, 0.15) is 4.90 Å². The van der Waals surface area contributed by atoms with Gasteiger partial charge in [0, 0.05) is 0 Å². The lowest BCUT2D eigenvalue weighted by Crippen LogP contribution is -2.30. The second kappa shape index (κ2) is 4.34. The van der Waals surface area contributed by atoms with Gasteiger partial charge in [0.05, 0.1) is 5.69 Å². The van der Waals surface area contributed by atoms with Crippen molar-refractivity contribution < 1.29 is 26.4 Å². The average Bonchev–Trinajstić information content (AvgIpc) is 2.15. The third kappa shape index (κ3) is 3.43. The Morgan fingerprint density at radius 3 is 2.24 bits per heavy atom. The first kappa shape index (κ1) is 13.5. The van der Waals surface area contributed by atoms with Gasteiger partial charge >= 0.3 is 12.1 Å². The van der Waals surface area contributed by atoms with E-state index in [9.17, 15) is 26.4 Å². The van der Waals surface area contributed by atoms with Crippen molar-refractivity contribution in [2.24, 2.45) is 5.14 Å². The average molecular weight is 268 g/mol. The van der Waals surface area contributed by atoms with Crippen LogP contribution < -0.4 is 10.5 Å². The Kier molecular flexibility index (Phi) is 3.43. The maximum absolute atomic E-state index is 12.0. The molecule has 0 radical (unpaired) electrons. The first-order valence-corrected chi connectivity index (χ1v) is 5.67. The summed E-state index contributed by atoms with van der Waals surface area (Å²) in [5.74, 6) is -2.27. The molecule has 5 nitrogen and oxygen atoms in total. The maximum Gasteiger partial charge on any atom is 0.471 e. The predicted molar refractivity (Wildman–Crippen MR) is 52.5 cm³/mol.